The monoisotopic (exact) mass is 275 g/mol. The van der Waals surface area contributed by atoms with Gasteiger partial charge in [0, 0.05) is 18.5 Å². The summed E-state index contributed by atoms with van der Waals surface area (Å²) in [5.74, 6) is -0.416. The van der Waals surface area contributed by atoms with Crippen molar-refractivity contribution in [2.75, 3.05) is 5.75 Å². The van der Waals surface area contributed by atoms with E-state index >= 15 is 0 Å². The minimum Gasteiger partial charge on any atom is -0.481 e. The maximum Gasteiger partial charge on any atom is 0.303 e. The molecule has 0 amide bonds. The van der Waals surface area contributed by atoms with Gasteiger partial charge in [-0.1, -0.05) is 6.92 Å². The summed E-state index contributed by atoms with van der Waals surface area (Å²) in [6.07, 6.45) is 4.02. The Morgan fingerprint density at radius 3 is 2.28 bits per heavy atom. The van der Waals surface area contributed by atoms with Gasteiger partial charge in [-0.25, -0.2) is 8.42 Å². The van der Waals surface area contributed by atoms with Crippen LogP contribution in [-0.2, 0) is 14.8 Å². The molecule has 2 rings (SSSR count). The van der Waals surface area contributed by atoms with Crippen molar-refractivity contribution in [1.82, 2.24) is 4.31 Å². The lowest BCUT2D eigenvalue weighted by atomic mass is 9.90. The normalized spacial score (nSPS) is 32.6. The molecule has 5 nitrogen and oxygen atoms in total. The zero-order valence-corrected chi connectivity index (χ0v) is 11.5. The number of aliphatic carboxylic acids is 1. The topological polar surface area (TPSA) is 74.7 Å². The highest BCUT2D eigenvalue weighted by atomic mass is 32.2. The summed E-state index contributed by atoms with van der Waals surface area (Å²) in [4.78, 5) is 10.8. The van der Waals surface area contributed by atoms with Gasteiger partial charge in [0.25, 0.3) is 0 Å². The van der Waals surface area contributed by atoms with Gasteiger partial charge < -0.3 is 5.11 Å². The van der Waals surface area contributed by atoms with E-state index in [1.54, 1.807) is 4.31 Å². The number of fused-ring (bicyclic) bond motifs is 2. The fourth-order valence-corrected chi connectivity index (χ4v) is 5.50. The first-order valence-corrected chi connectivity index (χ1v) is 8.28. The van der Waals surface area contributed by atoms with Crippen LogP contribution in [0, 0.1) is 5.92 Å². The number of carbonyl (C=O) groups is 1. The maximum absolute atomic E-state index is 12.2. The first-order chi connectivity index (χ1) is 8.44. The molecule has 1 N–H and O–H groups in total. The van der Waals surface area contributed by atoms with Gasteiger partial charge >= 0.3 is 5.97 Å². The zero-order chi connectivity index (χ0) is 13.3. The van der Waals surface area contributed by atoms with Gasteiger partial charge in [0.2, 0.25) is 10.0 Å². The van der Waals surface area contributed by atoms with Crippen molar-refractivity contribution in [3.63, 3.8) is 0 Å². The molecule has 6 heteroatoms. The van der Waals surface area contributed by atoms with Crippen LogP contribution in [0.4, 0.5) is 0 Å². The second-order valence-electron chi connectivity index (χ2n) is 5.47. The number of hydrogen-bond donors (Lipinski definition) is 1. The number of sulfonamides is 1. The summed E-state index contributed by atoms with van der Waals surface area (Å²) >= 11 is 0. The summed E-state index contributed by atoms with van der Waals surface area (Å²) in [5, 5.41) is 8.84. The highest BCUT2D eigenvalue weighted by Gasteiger charge is 2.46. The van der Waals surface area contributed by atoms with Crippen LogP contribution < -0.4 is 0 Å². The lowest BCUT2D eigenvalue weighted by Gasteiger charge is -2.37. The Kier molecular flexibility index (Phi) is 3.96. The first kappa shape index (κ1) is 13.8. The molecule has 0 saturated carbocycles. The molecular formula is C12H21NO4S. The van der Waals surface area contributed by atoms with Crippen LogP contribution in [0.3, 0.4) is 0 Å². The number of carboxylic acids is 1. The van der Waals surface area contributed by atoms with Gasteiger partial charge in [-0.3, -0.25) is 4.79 Å². The first-order valence-electron chi connectivity index (χ1n) is 6.67. The lowest BCUT2D eigenvalue weighted by Crippen LogP contribution is -2.47. The van der Waals surface area contributed by atoms with Crippen LogP contribution in [-0.4, -0.2) is 41.6 Å². The van der Waals surface area contributed by atoms with Crippen LogP contribution in [0.25, 0.3) is 0 Å². The van der Waals surface area contributed by atoms with Gasteiger partial charge in [0.1, 0.15) is 0 Å². The van der Waals surface area contributed by atoms with Crippen LogP contribution in [0.15, 0.2) is 0 Å². The molecule has 0 aromatic heterocycles. The van der Waals surface area contributed by atoms with E-state index in [1.165, 1.54) is 0 Å². The van der Waals surface area contributed by atoms with Gasteiger partial charge in [0.15, 0.2) is 0 Å². The summed E-state index contributed by atoms with van der Waals surface area (Å²) in [7, 11) is -3.14. The molecule has 2 aliphatic heterocycles. The predicted molar refractivity (Wildman–Crippen MR) is 67.7 cm³/mol. The molecule has 2 fully saturated rings. The highest BCUT2D eigenvalue weighted by Crippen LogP contribution is 2.41. The van der Waals surface area contributed by atoms with Crippen molar-refractivity contribution in [3.05, 3.63) is 0 Å². The molecule has 0 aromatic rings. The number of piperidine rings is 1. The summed E-state index contributed by atoms with van der Waals surface area (Å²) in [6.45, 7) is 1.87. The highest BCUT2D eigenvalue weighted by molar-refractivity contribution is 7.89. The Labute approximate surface area is 108 Å². The van der Waals surface area contributed by atoms with E-state index in [0.717, 1.165) is 12.8 Å². The number of carboxylic acid groups (broad SMARTS) is 1. The quantitative estimate of drug-likeness (QED) is 0.824. The standard InChI is InChI=1S/C12H21NO4S/c1-2-5-18(16,17)13-10-3-4-11(13)7-9(6-10)8-12(14)15/h9-11H,2-8H2,1H3,(H,14,15). The summed E-state index contributed by atoms with van der Waals surface area (Å²) < 4.78 is 26.1. The Bertz CT molecular complexity index is 406. The van der Waals surface area contributed by atoms with Crippen LogP contribution >= 0.6 is 0 Å². The van der Waals surface area contributed by atoms with E-state index in [9.17, 15) is 13.2 Å². The Morgan fingerprint density at radius 2 is 1.83 bits per heavy atom. The molecule has 2 bridgehead atoms. The zero-order valence-electron chi connectivity index (χ0n) is 10.7. The molecule has 0 aromatic carbocycles. The van der Waals surface area contributed by atoms with Crippen molar-refractivity contribution in [2.24, 2.45) is 5.92 Å². The van der Waals surface area contributed by atoms with E-state index in [2.05, 4.69) is 0 Å². The van der Waals surface area contributed by atoms with Crippen LogP contribution in [0.2, 0.25) is 0 Å². The van der Waals surface area contributed by atoms with Crippen LogP contribution in [0.1, 0.15) is 45.4 Å². The van der Waals surface area contributed by atoms with Crippen LogP contribution in [0.5, 0.6) is 0 Å². The minimum absolute atomic E-state index is 0.0460. The SMILES string of the molecule is CCCS(=O)(=O)N1C2CCC1CC(CC(=O)O)C2. The van der Waals surface area contributed by atoms with Crippen molar-refractivity contribution < 1.29 is 18.3 Å². The van der Waals surface area contributed by atoms with E-state index in [0.29, 0.717) is 19.3 Å². The molecular weight excluding hydrogens is 254 g/mol. The van der Waals surface area contributed by atoms with Gasteiger partial charge in [-0.05, 0) is 38.0 Å². The Morgan fingerprint density at radius 1 is 1.28 bits per heavy atom. The lowest BCUT2D eigenvalue weighted by molar-refractivity contribution is -0.138. The molecule has 2 heterocycles. The molecule has 2 unspecified atom stereocenters. The second-order valence-corrected chi connectivity index (χ2v) is 7.46. The molecule has 0 spiro atoms. The molecule has 18 heavy (non-hydrogen) atoms. The van der Waals surface area contributed by atoms with Crippen molar-refractivity contribution in [3.8, 4) is 0 Å². The smallest absolute Gasteiger partial charge is 0.303 e. The van der Waals surface area contributed by atoms with Crippen molar-refractivity contribution >= 4 is 16.0 Å². The molecule has 2 aliphatic rings. The van der Waals surface area contributed by atoms with E-state index in [1.807, 2.05) is 6.92 Å². The predicted octanol–water partition coefficient (Wildman–Crippen LogP) is 1.44. The summed E-state index contributed by atoms with van der Waals surface area (Å²) in [6, 6.07) is 0.0919. The van der Waals surface area contributed by atoms with E-state index in [4.69, 9.17) is 5.11 Å². The van der Waals surface area contributed by atoms with Gasteiger partial charge in [-0.2, -0.15) is 4.31 Å². The molecule has 0 radical (unpaired) electrons. The fraction of sp³-hybridized carbons (Fsp3) is 0.917. The molecule has 2 saturated heterocycles. The fourth-order valence-electron chi connectivity index (χ4n) is 3.48. The average Bonchev–Trinajstić information content (AvgIpc) is 2.51. The third-order valence-corrected chi connectivity index (χ3v) is 6.17. The molecule has 0 aliphatic carbocycles. The molecule has 2 atom stereocenters. The Balaban J connectivity index is 2.08. The van der Waals surface area contributed by atoms with Gasteiger partial charge in [0.05, 0.1) is 5.75 Å². The van der Waals surface area contributed by atoms with E-state index < -0.39 is 16.0 Å². The van der Waals surface area contributed by atoms with Crippen molar-refractivity contribution in [2.45, 2.75) is 57.5 Å². The molecule has 104 valence electrons. The Hall–Kier alpha value is -0.620. The number of hydrogen-bond acceptors (Lipinski definition) is 3. The maximum atomic E-state index is 12.2. The average molecular weight is 275 g/mol. The van der Waals surface area contributed by atoms with Crippen molar-refractivity contribution in [1.29, 1.82) is 0 Å². The summed E-state index contributed by atoms with van der Waals surface area (Å²) in [5.41, 5.74) is 0. The number of rotatable bonds is 5. The number of nitrogens with zero attached hydrogens (tertiary/aromatic N) is 1. The minimum atomic E-state index is -3.14. The largest absolute Gasteiger partial charge is 0.481 e. The van der Waals surface area contributed by atoms with E-state index in [-0.39, 0.29) is 30.2 Å². The third kappa shape index (κ3) is 2.69. The van der Waals surface area contributed by atoms with Gasteiger partial charge in [-0.15, -0.1) is 0 Å². The second kappa shape index (κ2) is 5.17. The third-order valence-electron chi connectivity index (χ3n) is 4.01.